The Morgan fingerprint density at radius 3 is 2.43 bits per heavy atom. The zero-order valence-electron chi connectivity index (χ0n) is 16.4. The molecule has 6 nitrogen and oxygen atoms in total. The maximum atomic E-state index is 12.0. The van der Waals surface area contributed by atoms with E-state index in [9.17, 15) is 9.59 Å². The number of ether oxygens (including phenoxy) is 1. The van der Waals surface area contributed by atoms with Gasteiger partial charge in [-0.25, -0.2) is 10.2 Å². The minimum atomic E-state index is -0.564. The second kappa shape index (κ2) is 10.7. The first-order valence-corrected chi connectivity index (χ1v) is 9.58. The summed E-state index contributed by atoms with van der Waals surface area (Å²) in [6.45, 7) is 5.75. The number of rotatable bonds is 8. The van der Waals surface area contributed by atoms with E-state index in [4.69, 9.17) is 16.3 Å². The monoisotopic (exact) mass is 403 g/mol. The molecule has 7 heteroatoms. The fraction of sp³-hybridized carbons (Fsp3) is 0.333. The number of carbonyl (C=O) groups excluding carboxylic acids is 2. The SMILES string of the molecule is CCc1ccc(NC(=O)OC[C@@H](C)N(NCc2ccccc2Cl)C(C)=O)cc1. The van der Waals surface area contributed by atoms with E-state index in [-0.39, 0.29) is 18.6 Å². The van der Waals surface area contributed by atoms with Crippen LogP contribution in [0, 0.1) is 0 Å². The number of benzene rings is 2. The van der Waals surface area contributed by atoms with Gasteiger partial charge in [0.05, 0.1) is 6.04 Å². The van der Waals surface area contributed by atoms with E-state index in [1.807, 2.05) is 42.5 Å². The molecular weight excluding hydrogens is 378 g/mol. The molecule has 0 heterocycles. The van der Waals surface area contributed by atoms with Crippen LogP contribution in [0.25, 0.3) is 0 Å². The smallest absolute Gasteiger partial charge is 0.411 e. The van der Waals surface area contributed by atoms with Gasteiger partial charge in [0.1, 0.15) is 6.61 Å². The first kappa shape index (κ1) is 21.7. The highest BCUT2D eigenvalue weighted by Crippen LogP contribution is 2.15. The Bertz CT molecular complexity index is 796. The van der Waals surface area contributed by atoms with Crippen molar-refractivity contribution in [2.75, 3.05) is 11.9 Å². The third kappa shape index (κ3) is 6.55. The van der Waals surface area contributed by atoms with Gasteiger partial charge in [-0.2, -0.15) is 0 Å². The maximum absolute atomic E-state index is 12.0. The predicted octanol–water partition coefficient (Wildman–Crippen LogP) is 4.39. The molecule has 0 aromatic heterocycles. The van der Waals surface area contributed by atoms with Crippen LogP contribution < -0.4 is 10.7 Å². The first-order valence-electron chi connectivity index (χ1n) is 9.20. The van der Waals surface area contributed by atoms with E-state index in [1.165, 1.54) is 17.5 Å². The molecule has 0 fully saturated rings. The summed E-state index contributed by atoms with van der Waals surface area (Å²) >= 11 is 6.14. The largest absolute Gasteiger partial charge is 0.447 e. The van der Waals surface area contributed by atoms with Crippen LogP contribution in [-0.4, -0.2) is 29.7 Å². The molecule has 0 aliphatic rings. The van der Waals surface area contributed by atoms with Gasteiger partial charge in [0.25, 0.3) is 0 Å². The zero-order valence-corrected chi connectivity index (χ0v) is 17.1. The summed E-state index contributed by atoms with van der Waals surface area (Å²) < 4.78 is 5.26. The minimum Gasteiger partial charge on any atom is -0.447 e. The highest BCUT2D eigenvalue weighted by Gasteiger charge is 2.19. The van der Waals surface area contributed by atoms with Crippen LogP contribution >= 0.6 is 11.6 Å². The van der Waals surface area contributed by atoms with E-state index in [2.05, 4.69) is 17.7 Å². The molecule has 28 heavy (non-hydrogen) atoms. The van der Waals surface area contributed by atoms with E-state index in [0.29, 0.717) is 17.3 Å². The third-order valence-electron chi connectivity index (χ3n) is 4.24. The Labute approximate surface area is 170 Å². The number of hydrogen-bond donors (Lipinski definition) is 2. The van der Waals surface area contributed by atoms with Crippen molar-refractivity contribution in [2.45, 2.75) is 39.8 Å². The lowest BCUT2D eigenvalue weighted by atomic mass is 10.1. The van der Waals surface area contributed by atoms with Gasteiger partial charge < -0.3 is 4.74 Å². The molecule has 1 atom stereocenters. The predicted molar refractivity (Wildman–Crippen MR) is 111 cm³/mol. The number of nitrogens with zero attached hydrogens (tertiary/aromatic N) is 1. The average Bonchev–Trinajstić information content (AvgIpc) is 2.68. The maximum Gasteiger partial charge on any atom is 0.411 e. The van der Waals surface area contributed by atoms with Crippen molar-refractivity contribution in [3.05, 3.63) is 64.7 Å². The summed E-state index contributed by atoms with van der Waals surface area (Å²) in [5, 5.41) is 4.74. The van der Waals surface area contributed by atoms with E-state index in [1.54, 1.807) is 13.0 Å². The van der Waals surface area contributed by atoms with Gasteiger partial charge in [0, 0.05) is 24.2 Å². The second-order valence-corrected chi connectivity index (χ2v) is 6.85. The molecule has 2 amide bonds. The Morgan fingerprint density at radius 1 is 1.14 bits per heavy atom. The lowest BCUT2D eigenvalue weighted by Gasteiger charge is -2.28. The lowest BCUT2D eigenvalue weighted by Crippen LogP contribution is -2.49. The summed E-state index contributed by atoms with van der Waals surface area (Å²) in [5.74, 6) is -0.182. The van der Waals surface area contributed by atoms with Crippen molar-refractivity contribution in [2.24, 2.45) is 0 Å². The molecule has 2 aromatic rings. The van der Waals surface area contributed by atoms with Crippen LogP contribution in [0.3, 0.4) is 0 Å². The molecule has 0 radical (unpaired) electrons. The third-order valence-corrected chi connectivity index (χ3v) is 4.61. The minimum absolute atomic E-state index is 0.0496. The number of carbonyl (C=O) groups is 2. The highest BCUT2D eigenvalue weighted by atomic mass is 35.5. The topological polar surface area (TPSA) is 70.7 Å². The number of anilines is 1. The van der Waals surface area contributed by atoms with E-state index < -0.39 is 6.09 Å². The number of amides is 2. The molecule has 0 saturated heterocycles. The van der Waals surface area contributed by atoms with E-state index in [0.717, 1.165) is 12.0 Å². The number of hydrazine groups is 1. The van der Waals surface area contributed by atoms with Gasteiger partial charge in [0.2, 0.25) is 5.91 Å². The van der Waals surface area contributed by atoms with Crippen molar-refractivity contribution >= 4 is 29.3 Å². The van der Waals surface area contributed by atoms with Crippen molar-refractivity contribution < 1.29 is 14.3 Å². The fourth-order valence-corrected chi connectivity index (χ4v) is 2.84. The molecule has 0 saturated carbocycles. The molecule has 2 N–H and O–H groups in total. The number of hydrogen-bond acceptors (Lipinski definition) is 4. The second-order valence-electron chi connectivity index (χ2n) is 6.44. The normalized spacial score (nSPS) is 11.6. The zero-order chi connectivity index (χ0) is 20.5. The van der Waals surface area contributed by atoms with Gasteiger partial charge in [0.15, 0.2) is 0 Å². The van der Waals surface area contributed by atoms with Crippen LogP contribution in [0.5, 0.6) is 0 Å². The van der Waals surface area contributed by atoms with Crippen molar-refractivity contribution in [3.63, 3.8) is 0 Å². The van der Waals surface area contributed by atoms with E-state index >= 15 is 0 Å². The fourth-order valence-electron chi connectivity index (χ4n) is 2.64. The summed E-state index contributed by atoms with van der Waals surface area (Å²) in [4.78, 5) is 24.0. The summed E-state index contributed by atoms with van der Waals surface area (Å²) in [7, 11) is 0. The number of halogens is 1. The Kier molecular flexibility index (Phi) is 8.29. The molecule has 150 valence electrons. The molecule has 0 aliphatic heterocycles. The Morgan fingerprint density at radius 2 is 1.82 bits per heavy atom. The van der Waals surface area contributed by atoms with Gasteiger partial charge in [-0.05, 0) is 42.7 Å². The molecule has 0 bridgehead atoms. The number of nitrogens with one attached hydrogen (secondary N) is 2. The first-order chi connectivity index (χ1) is 13.4. The molecule has 2 rings (SSSR count). The summed E-state index contributed by atoms with van der Waals surface area (Å²) in [6.07, 6.45) is 0.371. The van der Waals surface area contributed by atoms with Crippen LogP contribution in [-0.2, 0) is 22.5 Å². The van der Waals surface area contributed by atoms with Gasteiger partial charge in [-0.3, -0.25) is 15.1 Å². The van der Waals surface area contributed by atoms with Crippen molar-refractivity contribution in [1.29, 1.82) is 0 Å². The van der Waals surface area contributed by atoms with Crippen LogP contribution in [0.2, 0.25) is 5.02 Å². The summed E-state index contributed by atoms with van der Waals surface area (Å²) in [5.41, 5.74) is 5.77. The van der Waals surface area contributed by atoms with Crippen LogP contribution in [0.15, 0.2) is 48.5 Å². The summed E-state index contributed by atoms with van der Waals surface area (Å²) in [6, 6.07) is 14.6. The average molecular weight is 404 g/mol. The standard InChI is InChI=1S/C21H26ClN3O3/c1-4-17-9-11-19(12-10-17)24-21(27)28-14-15(2)25(16(3)26)23-13-18-7-5-6-8-20(18)22/h5-12,15,23H,4,13-14H2,1-3H3,(H,24,27)/t15-/m1/s1. The molecular formula is C21H26ClN3O3. The van der Waals surface area contributed by atoms with Gasteiger partial charge in [-0.15, -0.1) is 0 Å². The quantitative estimate of drug-likeness (QED) is 0.641. The van der Waals surface area contributed by atoms with Crippen LogP contribution in [0.4, 0.5) is 10.5 Å². The molecule has 0 spiro atoms. The lowest BCUT2D eigenvalue weighted by molar-refractivity contribution is -0.135. The van der Waals surface area contributed by atoms with Crippen molar-refractivity contribution in [3.8, 4) is 0 Å². The van der Waals surface area contributed by atoms with Gasteiger partial charge >= 0.3 is 6.09 Å². The number of aryl methyl sites for hydroxylation is 1. The molecule has 2 aromatic carbocycles. The Balaban J connectivity index is 1.85. The van der Waals surface area contributed by atoms with Crippen LogP contribution in [0.1, 0.15) is 31.9 Å². The Hall–Kier alpha value is -2.57. The molecule has 0 unspecified atom stereocenters. The van der Waals surface area contributed by atoms with Gasteiger partial charge in [-0.1, -0.05) is 48.9 Å². The molecule has 0 aliphatic carbocycles. The highest BCUT2D eigenvalue weighted by molar-refractivity contribution is 6.31. The van der Waals surface area contributed by atoms with Crippen molar-refractivity contribution in [1.82, 2.24) is 10.4 Å².